The molecule has 2 rings (SSSR count). The van der Waals surface area contributed by atoms with Crippen LogP contribution in [-0.4, -0.2) is 13.0 Å². The van der Waals surface area contributed by atoms with Crippen molar-refractivity contribution in [3.63, 3.8) is 0 Å². The van der Waals surface area contributed by atoms with Crippen molar-refractivity contribution >= 4 is 29.1 Å². The van der Waals surface area contributed by atoms with Gasteiger partial charge in [0.1, 0.15) is 5.75 Å². The van der Waals surface area contributed by atoms with Gasteiger partial charge >= 0.3 is 0 Å². The van der Waals surface area contributed by atoms with E-state index >= 15 is 0 Å². The largest absolute Gasteiger partial charge is 0.497 e. The summed E-state index contributed by atoms with van der Waals surface area (Å²) in [5, 5.41) is 3.97. The van der Waals surface area contributed by atoms with E-state index in [0.717, 1.165) is 16.9 Å². The molecule has 23 heavy (non-hydrogen) atoms. The van der Waals surface area contributed by atoms with Gasteiger partial charge in [-0.05, 0) is 48.7 Å². The van der Waals surface area contributed by atoms with Crippen molar-refractivity contribution in [2.75, 3.05) is 7.11 Å². The molecule has 0 bridgehead atoms. The second kappa shape index (κ2) is 8.23. The number of halogens is 2. The third-order valence-electron chi connectivity index (χ3n) is 3.62. The number of hydrogen-bond donors (Lipinski definition) is 1. The molecule has 0 radical (unpaired) electrons. The Hall–Kier alpha value is -1.71. The first kappa shape index (κ1) is 17.6. The topological polar surface area (TPSA) is 38.3 Å². The Kier molecular flexibility index (Phi) is 6.31. The van der Waals surface area contributed by atoms with Gasteiger partial charge in [-0.15, -0.1) is 0 Å². The van der Waals surface area contributed by atoms with Gasteiger partial charge in [0.15, 0.2) is 0 Å². The molecule has 0 spiro atoms. The first-order valence-electron chi connectivity index (χ1n) is 7.37. The van der Waals surface area contributed by atoms with Crippen molar-refractivity contribution in [2.24, 2.45) is 0 Å². The Morgan fingerprint density at radius 1 is 1.13 bits per heavy atom. The molecule has 0 aliphatic carbocycles. The van der Waals surface area contributed by atoms with Gasteiger partial charge in [0.25, 0.3) is 0 Å². The highest BCUT2D eigenvalue weighted by atomic mass is 35.5. The lowest BCUT2D eigenvalue weighted by Crippen LogP contribution is -2.26. The van der Waals surface area contributed by atoms with E-state index < -0.39 is 0 Å². The van der Waals surface area contributed by atoms with E-state index in [4.69, 9.17) is 27.9 Å². The molecule has 1 amide bonds. The maximum absolute atomic E-state index is 12.1. The van der Waals surface area contributed by atoms with E-state index in [1.165, 1.54) is 0 Å². The van der Waals surface area contributed by atoms with Crippen molar-refractivity contribution in [1.82, 2.24) is 5.32 Å². The highest BCUT2D eigenvalue weighted by molar-refractivity contribution is 6.42. The standard InChI is InChI=1S/C18H19Cl2NO2/c1-12(14-6-9-16(19)17(20)11-14)21-18(22)10-5-13-3-7-15(23-2)8-4-13/h3-4,6-9,11-12H,5,10H2,1-2H3,(H,21,22). The molecule has 122 valence electrons. The van der Waals surface area contributed by atoms with Gasteiger partial charge in [-0.3, -0.25) is 4.79 Å². The minimum absolute atomic E-state index is 0.000564. The number of aryl methyl sites for hydroxylation is 1. The fraction of sp³-hybridized carbons (Fsp3) is 0.278. The zero-order chi connectivity index (χ0) is 16.8. The van der Waals surface area contributed by atoms with E-state index in [9.17, 15) is 4.79 Å². The van der Waals surface area contributed by atoms with Crippen LogP contribution in [0.1, 0.15) is 30.5 Å². The van der Waals surface area contributed by atoms with Crippen LogP contribution in [0.4, 0.5) is 0 Å². The maximum Gasteiger partial charge on any atom is 0.220 e. The summed E-state index contributed by atoms with van der Waals surface area (Å²) in [5.41, 5.74) is 2.03. The summed E-state index contributed by atoms with van der Waals surface area (Å²) >= 11 is 11.9. The number of ether oxygens (including phenoxy) is 1. The van der Waals surface area contributed by atoms with Gasteiger partial charge in [-0.2, -0.15) is 0 Å². The Balaban J connectivity index is 1.86. The molecular formula is C18H19Cl2NO2. The summed E-state index contributed by atoms with van der Waals surface area (Å²) in [5.74, 6) is 0.811. The summed E-state index contributed by atoms with van der Waals surface area (Å²) < 4.78 is 5.11. The van der Waals surface area contributed by atoms with Crippen molar-refractivity contribution in [1.29, 1.82) is 0 Å². The number of carbonyl (C=O) groups excluding carboxylic acids is 1. The second-order valence-electron chi connectivity index (χ2n) is 5.31. The zero-order valence-corrected chi connectivity index (χ0v) is 14.6. The quantitative estimate of drug-likeness (QED) is 0.810. The molecule has 0 aromatic heterocycles. The molecule has 0 heterocycles. The highest BCUT2D eigenvalue weighted by Gasteiger charge is 2.11. The average molecular weight is 352 g/mol. The first-order chi connectivity index (χ1) is 11.0. The van der Waals surface area contributed by atoms with Crippen LogP contribution < -0.4 is 10.1 Å². The zero-order valence-electron chi connectivity index (χ0n) is 13.1. The lowest BCUT2D eigenvalue weighted by molar-refractivity contribution is -0.121. The van der Waals surface area contributed by atoms with Gasteiger partial charge in [0.05, 0.1) is 23.2 Å². The Labute approximate surface area is 146 Å². The van der Waals surface area contributed by atoms with E-state index in [0.29, 0.717) is 22.9 Å². The predicted molar refractivity (Wildman–Crippen MR) is 94.3 cm³/mol. The average Bonchev–Trinajstić information content (AvgIpc) is 2.55. The lowest BCUT2D eigenvalue weighted by Gasteiger charge is -2.15. The van der Waals surface area contributed by atoms with Crippen molar-refractivity contribution in [3.05, 3.63) is 63.6 Å². The molecule has 5 heteroatoms. The SMILES string of the molecule is COc1ccc(CCC(=O)NC(C)c2ccc(Cl)c(Cl)c2)cc1. The first-order valence-corrected chi connectivity index (χ1v) is 8.12. The smallest absolute Gasteiger partial charge is 0.220 e. The minimum atomic E-state index is -0.117. The van der Waals surface area contributed by atoms with Gasteiger partial charge < -0.3 is 10.1 Å². The predicted octanol–water partition coefficient (Wildman–Crippen LogP) is 4.81. The van der Waals surface area contributed by atoms with Gasteiger partial charge in [-0.1, -0.05) is 41.4 Å². The highest BCUT2D eigenvalue weighted by Crippen LogP contribution is 2.25. The van der Waals surface area contributed by atoms with E-state index in [1.807, 2.05) is 37.3 Å². The molecule has 0 aliphatic rings. The van der Waals surface area contributed by atoms with Crippen LogP contribution in [0.15, 0.2) is 42.5 Å². The van der Waals surface area contributed by atoms with Crippen LogP contribution in [0.3, 0.4) is 0 Å². The molecule has 1 N–H and O–H groups in total. The summed E-state index contributed by atoms with van der Waals surface area (Å²) in [6, 6.07) is 13.0. The van der Waals surface area contributed by atoms with Gasteiger partial charge in [0, 0.05) is 6.42 Å². The molecule has 2 aromatic carbocycles. The Morgan fingerprint density at radius 3 is 2.43 bits per heavy atom. The number of carbonyl (C=O) groups is 1. The van der Waals surface area contributed by atoms with Crippen molar-refractivity contribution in [3.8, 4) is 5.75 Å². The molecule has 0 fully saturated rings. The normalized spacial score (nSPS) is 11.8. The van der Waals surface area contributed by atoms with Crippen LogP contribution in [0.25, 0.3) is 0 Å². The van der Waals surface area contributed by atoms with Gasteiger partial charge in [-0.25, -0.2) is 0 Å². The number of amides is 1. The number of hydrogen-bond acceptors (Lipinski definition) is 2. The second-order valence-corrected chi connectivity index (χ2v) is 6.13. The molecule has 2 aromatic rings. The molecule has 1 unspecified atom stereocenters. The molecule has 1 atom stereocenters. The van der Waals surface area contributed by atoms with E-state index in [-0.39, 0.29) is 11.9 Å². The molecule has 3 nitrogen and oxygen atoms in total. The summed E-state index contributed by atoms with van der Waals surface area (Å²) in [6.07, 6.45) is 1.11. The molecule has 0 aliphatic heterocycles. The molecule has 0 saturated heterocycles. The molecule has 0 saturated carbocycles. The number of nitrogens with one attached hydrogen (secondary N) is 1. The van der Waals surface area contributed by atoms with Crippen molar-refractivity contribution in [2.45, 2.75) is 25.8 Å². The monoisotopic (exact) mass is 351 g/mol. The summed E-state index contributed by atoms with van der Waals surface area (Å²) in [6.45, 7) is 1.92. The minimum Gasteiger partial charge on any atom is -0.497 e. The maximum atomic E-state index is 12.1. The van der Waals surface area contributed by atoms with E-state index in [2.05, 4.69) is 5.32 Å². The third kappa shape index (κ3) is 5.15. The van der Waals surface area contributed by atoms with Crippen LogP contribution >= 0.6 is 23.2 Å². The third-order valence-corrected chi connectivity index (χ3v) is 4.36. The van der Waals surface area contributed by atoms with E-state index in [1.54, 1.807) is 19.2 Å². The fourth-order valence-corrected chi connectivity index (χ4v) is 2.54. The number of rotatable bonds is 6. The van der Waals surface area contributed by atoms with Crippen LogP contribution in [-0.2, 0) is 11.2 Å². The lowest BCUT2D eigenvalue weighted by atomic mass is 10.1. The summed E-state index contributed by atoms with van der Waals surface area (Å²) in [4.78, 5) is 12.1. The van der Waals surface area contributed by atoms with Gasteiger partial charge in [0.2, 0.25) is 5.91 Å². The molecular weight excluding hydrogens is 333 g/mol. The number of benzene rings is 2. The number of methoxy groups -OCH3 is 1. The summed E-state index contributed by atoms with van der Waals surface area (Å²) in [7, 11) is 1.63. The Bertz CT molecular complexity index is 671. The van der Waals surface area contributed by atoms with Crippen LogP contribution in [0.5, 0.6) is 5.75 Å². The fourth-order valence-electron chi connectivity index (χ4n) is 2.23. The van der Waals surface area contributed by atoms with Crippen molar-refractivity contribution < 1.29 is 9.53 Å². The van der Waals surface area contributed by atoms with Crippen LogP contribution in [0.2, 0.25) is 10.0 Å². The Morgan fingerprint density at radius 2 is 1.83 bits per heavy atom. The van der Waals surface area contributed by atoms with Crippen LogP contribution in [0, 0.1) is 0 Å².